The lowest BCUT2D eigenvalue weighted by molar-refractivity contribution is 0.287. The lowest BCUT2D eigenvalue weighted by Crippen LogP contribution is -2.37. The molecule has 0 heterocycles. The highest BCUT2D eigenvalue weighted by Crippen LogP contribution is 2.27. The van der Waals surface area contributed by atoms with Crippen LogP contribution in [0.15, 0.2) is 35.2 Å². The molecule has 0 saturated carbocycles. The first-order chi connectivity index (χ1) is 12.2. The number of sulfonamides is 1. The molecule has 5 nitrogen and oxygen atoms in total. The minimum absolute atomic E-state index is 0.246. The molecular weight excluding hydrogens is 350 g/mol. The molecule has 0 aromatic heterocycles. The van der Waals surface area contributed by atoms with Gasteiger partial charge in [0.15, 0.2) is 0 Å². The molecule has 1 N–H and O–H groups in total. The van der Waals surface area contributed by atoms with Crippen LogP contribution in [-0.4, -0.2) is 28.2 Å². The van der Waals surface area contributed by atoms with Crippen LogP contribution in [0.25, 0.3) is 0 Å². The molecule has 142 valence electrons. The van der Waals surface area contributed by atoms with Crippen molar-refractivity contribution in [1.29, 1.82) is 0 Å². The molecule has 0 amide bonds. The van der Waals surface area contributed by atoms with Gasteiger partial charge in [-0.1, -0.05) is 6.07 Å². The highest BCUT2D eigenvalue weighted by molar-refractivity contribution is 7.89. The number of rotatable bonds is 7. The van der Waals surface area contributed by atoms with Gasteiger partial charge in [0.05, 0.1) is 18.0 Å². The first-order valence-electron chi connectivity index (χ1n) is 8.52. The third-order valence-corrected chi connectivity index (χ3v) is 6.27. The van der Waals surface area contributed by atoms with Gasteiger partial charge in [0, 0.05) is 0 Å². The summed E-state index contributed by atoms with van der Waals surface area (Å²) in [6.45, 7) is 9.71. The molecule has 0 radical (unpaired) electrons. The summed E-state index contributed by atoms with van der Waals surface area (Å²) in [6.07, 6.45) is 0. The highest BCUT2D eigenvalue weighted by atomic mass is 32.2. The van der Waals surface area contributed by atoms with E-state index in [-0.39, 0.29) is 17.5 Å². The van der Waals surface area contributed by atoms with Crippen molar-refractivity contribution < 1.29 is 17.9 Å². The van der Waals surface area contributed by atoms with Crippen LogP contribution in [-0.2, 0) is 10.0 Å². The Morgan fingerprint density at radius 2 is 1.69 bits per heavy atom. The molecule has 0 aliphatic carbocycles. The second-order valence-corrected chi connectivity index (χ2v) is 8.28. The minimum Gasteiger partial charge on any atom is -0.496 e. The molecule has 26 heavy (non-hydrogen) atoms. The second-order valence-electron chi connectivity index (χ2n) is 6.60. The molecule has 0 unspecified atom stereocenters. The van der Waals surface area contributed by atoms with Crippen LogP contribution in [0, 0.1) is 27.7 Å². The molecular formula is C20H27NO4S. The Hall–Kier alpha value is -2.05. The van der Waals surface area contributed by atoms with Gasteiger partial charge in [-0.25, -0.2) is 13.1 Å². The molecule has 0 spiro atoms. The van der Waals surface area contributed by atoms with Crippen molar-refractivity contribution in [2.45, 2.75) is 45.6 Å². The molecule has 1 atom stereocenters. The zero-order chi connectivity index (χ0) is 19.5. The molecule has 0 aliphatic heterocycles. The van der Waals surface area contributed by atoms with Gasteiger partial charge in [-0.05, 0) is 81.1 Å². The largest absolute Gasteiger partial charge is 0.496 e. The summed E-state index contributed by atoms with van der Waals surface area (Å²) in [4.78, 5) is 0.258. The summed E-state index contributed by atoms with van der Waals surface area (Å²) >= 11 is 0. The molecule has 0 fully saturated rings. The summed E-state index contributed by atoms with van der Waals surface area (Å²) in [7, 11) is -2.07. The second kappa shape index (κ2) is 8.10. The molecule has 6 heteroatoms. The van der Waals surface area contributed by atoms with Crippen molar-refractivity contribution in [3.63, 3.8) is 0 Å². The lowest BCUT2D eigenvalue weighted by Gasteiger charge is -2.18. The first-order valence-corrected chi connectivity index (χ1v) is 10.0. The van der Waals surface area contributed by atoms with E-state index in [9.17, 15) is 8.42 Å². The van der Waals surface area contributed by atoms with Crippen LogP contribution in [0.3, 0.4) is 0 Å². The van der Waals surface area contributed by atoms with Gasteiger partial charge in [0.2, 0.25) is 10.0 Å². The standard InChI is InChI=1S/C20H27NO4S/c1-13-7-8-18(11-14(13)2)25-12-15(3)21-26(22,23)20-10-9-19(24-6)16(4)17(20)5/h7-11,15,21H,12H2,1-6H3/t15-/m1/s1. The van der Waals surface area contributed by atoms with Crippen molar-refractivity contribution in [2.24, 2.45) is 0 Å². The van der Waals surface area contributed by atoms with E-state index in [0.29, 0.717) is 11.3 Å². The van der Waals surface area contributed by atoms with Gasteiger partial charge in [-0.3, -0.25) is 0 Å². The smallest absolute Gasteiger partial charge is 0.241 e. The molecule has 0 aliphatic rings. The molecule has 2 aromatic rings. The third kappa shape index (κ3) is 4.56. The zero-order valence-electron chi connectivity index (χ0n) is 16.2. The number of methoxy groups -OCH3 is 1. The molecule has 0 saturated heterocycles. The number of hydrogen-bond donors (Lipinski definition) is 1. The van der Waals surface area contributed by atoms with E-state index >= 15 is 0 Å². The summed E-state index contributed by atoms with van der Waals surface area (Å²) in [5, 5.41) is 0. The summed E-state index contributed by atoms with van der Waals surface area (Å²) in [5.74, 6) is 1.41. The van der Waals surface area contributed by atoms with Gasteiger partial charge in [0.1, 0.15) is 18.1 Å². The van der Waals surface area contributed by atoms with Crippen molar-refractivity contribution in [1.82, 2.24) is 4.72 Å². The number of hydrogen-bond acceptors (Lipinski definition) is 4. The van der Waals surface area contributed by atoms with Crippen molar-refractivity contribution in [3.05, 3.63) is 52.6 Å². The van der Waals surface area contributed by atoms with Crippen molar-refractivity contribution in [3.8, 4) is 11.5 Å². The Balaban J connectivity index is 2.08. The fraction of sp³-hybridized carbons (Fsp3) is 0.400. The maximum absolute atomic E-state index is 12.7. The Bertz CT molecular complexity index is 891. The highest BCUT2D eigenvalue weighted by Gasteiger charge is 2.22. The van der Waals surface area contributed by atoms with Crippen molar-refractivity contribution >= 4 is 10.0 Å². The van der Waals surface area contributed by atoms with Crippen LogP contribution in [0.2, 0.25) is 0 Å². The summed E-state index contributed by atoms with van der Waals surface area (Å²) < 4.78 is 39.1. The van der Waals surface area contributed by atoms with Gasteiger partial charge in [0.25, 0.3) is 0 Å². The number of ether oxygens (including phenoxy) is 2. The van der Waals surface area contributed by atoms with Crippen LogP contribution in [0.1, 0.15) is 29.2 Å². The minimum atomic E-state index is -3.64. The lowest BCUT2D eigenvalue weighted by atomic mass is 10.1. The number of nitrogens with one attached hydrogen (secondary N) is 1. The Morgan fingerprint density at radius 1 is 1.00 bits per heavy atom. The zero-order valence-corrected chi connectivity index (χ0v) is 17.0. The van der Waals surface area contributed by atoms with Crippen LogP contribution >= 0.6 is 0 Å². The van der Waals surface area contributed by atoms with Gasteiger partial charge in [-0.15, -0.1) is 0 Å². The van der Waals surface area contributed by atoms with E-state index in [1.807, 2.05) is 39.0 Å². The van der Waals surface area contributed by atoms with Gasteiger partial charge >= 0.3 is 0 Å². The van der Waals surface area contributed by atoms with E-state index in [1.54, 1.807) is 33.1 Å². The first kappa shape index (κ1) is 20.3. The number of aryl methyl sites for hydroxylation is 2. The summed E-state index contributed by atoms with van der Waals surface area (Å²) in [6, 6.07) is 8.70. The van der Waals surface area contributed by atoms with E-state index in [4.69, 9.17) is 9.47 Å². The van der Waals surface area contributed by atoms with E-state index in [2.05, 4.69) is 4.72 Å². The monoisotopic (exact) mass is 377 g/mol. The van der Waals surface area contributed by atoms with Gasteiger partial charge in [-0.2, -0.15) is 0 Å². The van der Waals surface area contributed by atoms with Crippen molar-refractivity contribution in [2.75, 3.05) is 13.7 Å². The predicted molar refractivity (Wildman–Crippen MR) is 104 cm³/mol. The van der Waals surface area contributed by atoms with E-state index in [0.717, 1.165) is 16.9 Å². The Morgan fingerprint density at radius 3 is 2.31 bits per heavy atom. The maximum atomic E-state index is 12.7. The topological polar surface area (TPSA) is 64.6 Å². The quantitative estimate of drug-likeness (QED) is 0.799. The molecule has 2 aromatic carbocycles. The molecule has 2 rings (SSSR count). The van der Waals surface area contributed by atoms with E-state index < -0.39 is 10.0 Å². The Labute approximate surface area is 156 Å². The van der Waals surface area contributed by atoms with Crippen LogP contribution < -0.4 is 14.2 Å². The fourth-order valence-electron chi connectivity index (χ4n) is 2.67. The predicted octanol–water partition coefficient (Wildman–Crippen LogP) is 3.67. The Kier molecular flexibility index (Phi) is 6.31. The number of benzene rings is 2. The third-order valence-electron chi connectivity index (χ3n) is 4.53. The average Bonchev–Trinajstić information content (AvgIpc) is 2.57. The SMILES string of the molecule is COc1ccc(S(=O)(=O)N[C@H](C)COc2ccc(C)c(C)c2)c(C)c1C. The maximum Gasteiger partial charge on any atom is 0.241 e. The average molecular weight is 378 g/mol. The van der Waals surface area contributed by atoms with Crippen LogP contribution in [0.5, 0.6) is 11.5 Å². The van der Waals surface area contributed by atoms with Gasteiger partial charge < -0.3 is 9.47 Å². The summed E-state index contributed by atoms with van der Waals surface area (Å²) in [5.41, 5.74) is 3.82. The van der Waals surface area contributed by atoms with Crippen LogP contribution in [0.4, 0.5) is 0 Å². The molecule has 0 bridgehead atoms. The fourth-order valence-corrected chi connectivity index (χ4v) is 4.20. The normalized spacial score (nSPS) is 12.7. The van der Waals surface area contributed by atoms with E-state index in [1.165, 1.54) is 5.56 Å².